The molecule has 2 aromatic rings. The summed E-state index contributed by atoms with van der Waals surface area (Å²) in [7, 11) is 3.81. The van der Waals surface area contributed by atoms with E-state index in [4.69, 9.17) is 4.74 Å². The fraction of sp³-hybridized carbons (Fsp3) is 0.450. The first-order valence-electron chi connectivity index (χ1n) is 9.36. The number of hydrogen-bond donors (Lipinski definition) is 1. The van der Waals surface area contributed by atoms with E-state index in [9.17, 15) is 4.79 Å². The fourth-order valence-electron chi connectivity index (χ4n) is 3.03. The average Bonchev–Trinajstić information content (AvgIpc) is 2.69. The van der Waals surface area contributed by atoms with Crippen molar-refractivity contribution in [3.63, 3.8) is 0 Å². The van der Waals surface area contributed by atoms with E-state index >= 15 is 0 Å². The van der Waals surface area contributed by atoms with Crippen LogP contribution < -0.4 is 19.9 Å². The van der Waals surface area contributed by atoms with Crippen LogP contribution in [0.3, 0.4) is 0 Å². The van der Waals surface area contributed by atoms with Crippen molar-refractivity contribution >= 4 is 23.4 Å². The highest BCUT2D eigenvalue weighted by Crippen LogP contribution is 2.25. The van der Waals surface area contributed by atoms with Crippen LogP contribution in [-0.2, 0) is 4.79 Å². The lowest BCUT2D eigenvalue weighted by Crippen LogP contribution is -2.33. The van der Waals surface area contributed by atoms with E-state index < -0.39 is 6.10 Å². The normalized spacial score (nSPS) is 15.1. The smallest absolute Gasteiger partial charge is 0.265 e. The van der Waals surface area contributed by atoms with E-state index in [1.807, 2.05) is 49.3 Å². The van der Waals surface area contributed by atoms with E-state index in [2.05, 4.69) is 20.2 Å². The molecule has 0 unspecified atom stereocenters. The number of para-hydroxylation sites is 1. The first-order chi connectivity index (χ1) is 13.0. The summed E-state index contributed by atoms with van der Waals surface area (Å²) in [5.74, 6) is 1.82. The zero-order valence-electron chi connectivity index (χ0n) is 16.2. The highest BCUT2D eigenvalue weighted by atomic mass is 16.5. The lowest BCUT2D eigenvalue weighted by atomic mass is 10.1. The fourth-order valence-corrected chi connectivity index (χ4v) is 3.03. The summed E-state index contributed by atoms with van der Waals surface area (Å²) in [4.78, 5) is 25.8. The number of piperidine rings is 1. The standard InChI is InChI=1S/C20H27N5O2/c1-15(27-16-10-6-4-7-11-16)19(26)22-17-14-21-20(23-18(17)24(2)3)25-12-8-5-9-13-25/h4,6-7,10-11,14-15H,5,8-9,12-13H2,1-3H3,(H,22,26)/t15-/m1/s1. The first-order valence-corrected chi connectivity index (χ1v) is 9.36. The molecule has 0 aliphatic carbocycles. The largest absolute Gasteiger partial charge is 0.481 e. The number of amides is 1. The highest BCUT2D eigenvalue weighted by Gasteiger charge is 2.20. The van der Waals surface area contributed by atoms with Crippen molar-refractivity contribution in [2.45, 2.75) is 32.3 Å². The molecule has 1 saturated heterocycles. The lowest BCUT2D eigenvalue weighted by molar-refractivity contribution is -0.122. The topological polar surface area (TPSA) is 70.6 Å². The van der Waals surface area contributed by atoms with Gasteiger partial charge in [0.15, 0.2) is 11.9 Å². The van der Waals surface area contributed by atoms with Crippen molar-refractivity contribution in [2.75, 3.05) is 42.3 Å². The van der Waals surface area contributed by atoms with Crippen molar-refractivity contribution in [2.24, 2.45) is 0 Å². The maximum absolute atomic E-state index is 12.6. The van der Waals surface area contributed by atoms with Gasteiger partial charge in [0.05, 0.1) is 6.20 Å². The molecule has 1 aromatic heterocycles. The van der Waals surface area contributed by atoms with Gasteiger partial charge in [-0.15, -0.1) is 0 Å². The number of carbonyl (C=O) groups is 1. The van der Waals surface area contributed by atoms with Gasteiger partial charge < -0.3 is 19.9 Å². The second kappa shape index (κ2) is 8.70. The van der Waals surface area contributed by atoms with Gasteiger partial charge in [0, 0.05) is 27.2 Å². The van der Waals surface area contributed by atoms with Crippen LogP contribution in [0.1, 0.15) is 26.2 Å². The van der Waals surface area contributed by atoms with Gasteiger partial charge in [-0.3, -0.25) is 4.79 Å². The molecule has 3 rings (SSSR count). The van der Waals surface area contributed by atoms with Gasteiger partial charge >= 0.3 is 0 Å². The number of anilines is 3. The summed E-state index contributed by atoms with van der Waals surface area (Å²) < 4.78 is 5.69. The van der Waals surface area contributed by atoms with Crippen LogP contribution in [0.15, 0.2) is 36.5 Å². The number of ether oxygens (including phenoxy) is 1. The molecule has 1 atom stereocenters. The van der Waals surface area contributed by atoms with Gasteiger partial charge in [-0.25, -0.2) is 4.98 Å². The predicted molar refractivity (Wildman–Crippen MR) is 108 cm³/mol. The summed E-state index contributed by atoms with van der Waals surface area (Å²) >= 11 is 0. The van der Waals surface area contributed by atoms with Crippen molar-refractivity contribution in [3.8, 4) is 5.75 Å². The molecule has 2 heterocycles. The molecule has 1 aromatic carbocycles. The Balaban J connectivity index is 1.72. The molecule has 7 nitrogen and oxygen atoms in total. The Kier molecular flexibility index (Phi) is 6.11. The second-order valence-electron chi connectivity index (χ2n) is 6.91. The van der Waals surface area contributed by atoms with Gasteiger partial charge in [0.2, 0.25) is 5.95 Å². The molecule has 0 bridgehead atoms. The molecule has 27 heavy (non-hydrogen) atoms. The lowest BCUT2D eigenvalue weighted by Gasteiger charge is -2.28. The van der Waals surface area contributed by atoms with Gasteiger partial charge in [-0.2, -0.15) is 4.98 Å². The van der Waals surface area contributed by atoms with Crippen molar-refractivity contribution in [1.29, 1.82) is 0 Å². The van der Waals surface area contributed by atoms with Crippen LogP contribution in [0.4, 0.5) is 17.5 Å². The summed E-state index contributed by atoms with van der Waals surface area (Å²) in [6, 6.07) is 9.30. The third-order valence-corrected chi connectivity index (χ3v) is 4.50. The summed E-state index contributed by atoms with van der Waals surface area (Å²) in [5.41, 5.74) is 0.578. The number of aromatic nitrogens is 2. The minimum absolute atomic E-state index is 0.240. The monoisotopic (exact) mass is 369 g/mol. The highest BCUT2D eigenvalue weighted by molar-refractivity contribution is 5.96. The molecular weight excluding hydrogens is 342 g/mol. The van der Waals surface area contributed by atoms with Crippen LogP contribution >= 0.6 is 0 Å². The van der Waals surface area contributed by atoms with Crippen molar-refractivity contribution in [1.82, 2.24) is 9.97 Å². The third-order valence-electron chi connectivity index (χ3n) is 4.50. The SMILES string of the molecule is C[C@@H](Oc1ccccc1)C(=O)Nc1cnc(N2CCCCC2)nc1N(C)C. The maximum Gasteiger partial charge on any atom is 0.265 e. The Hall–Kier alpha value is -2.83. The van der Waals surface area contributed by atoms with Crippen molar-refractivity contribution < 1.29 is 9.53 Å². The van der Waals surface area contributed by atoms with Crippen LogP contribution in [0, 0.1) is 0 Å². The molecular formula is C20H27N5O2. The third kappa shape index (κ3) is 4.87. The predicted octanol–water partition coefficient (Wildman–Crippen LogP) is 2.94. The van der Waals surface area contributed by atoms with Crippen LogP contribution in [0.25, 0.3) is 0 Å². The van der Waals surface area contributed by atoms with Gasteiger partial charge in [0.1, 0.15) is 11.4 Å². The van der Waals surface area contributed by atoms with Gasteiger partial charge in [-0.1, -0.05) is 18.2 Å². The molecule has 0 saturated carbocycles. The molecule has 144 valence electrons. The van der Waals surface area contributed by atoms with Crippen LogP contribution in [-0.4, -0.2) is 49.2 Å². The molecule has 0 spiro atoms. The number of hydrogen-bond acceptors (Lipinski definition) is 6. The quantitative estimate of drug-likeness (QED) is 0.844. The minimum atomic E-state index is -0.635. The summed E-state index contributed by atoms with van der Waals surface area (Å²) in [6.07, 6.45) is 4.62. The molecule has 1 amide bonds. The minimum Gasteiger partial charge on any atom is -0.481 e. The number of carbonyl (C=O) groups excluding carboxylic acids is 1. The van der Waals surface area contributed by atoms with E-state index in [1.165, 1.54) is 6.42 Å². The molecule has 1 aliphatic heterocycles. The molecule has 0 radical (unpaired) electrons. The second-order valence-corrected chi connectivity index (χ2v) is 6.91. The Labute approximate surface area is 160 Å². The Morgan fingerprint density at radius 3 is 2.56 bits per heavy atom. The number of nitrogens with zero attached hydrogens (tertiary/aromatic N) is 4. The van der Waals surface area contributed by atoms with Crippen molar-refractivity contribution in [3.05, 3.63) is 36.5 Å². The Bertz CT molecular complexity index is 760. The number of benzene rings is 1. The van der Waals surface area contributed by atoms with Gasteiger partial charge in [0.25, 0.3) is 5.91 Å². The average molecular weight is 369 g/mol. The number of nitrogens with one attached hydrogen (secondary N) is 1. The molecule has 1 fully saturated rings. The maximum atomic E-state index is 12.6. The van der Waals surface area contributed by atoms with Crippen LogP contribution in [0.2, 0.25) is 0 Å². The van der Waals surface area contributed by atoms with Gasteiger partial charge in [-0.05, 0) is 38.3 Å². The summed E-state index contributed by atoms with van der Waals surface area (Å²) in [5, 5.41) is 2.89. The van der Waals surface area contributed by atoms with Crippen LogP contribution in [0.5, 0.6) is 5.75 Å². The Morgan fingerprint density at radius 2 is 1.89 bits per heavy atom. The van der Waals surface area contributed by atoms with E-state index in [1.54, 1.807) is 13.1 Å². The summed E-state index contributed by atoms with van der Waals surface area (Å²) in [6.45, 7) is 3.67. The zero-order chi connectivity index (χ0) is 19.2. The number of rotatable bonds is 6. The molecule has 1 aliphatic rings. The molecule has 1 N–H and O–H groups in total. The molecule has 7 heteroatoms. The van der Waals surface area contributed by atoms with E-state index in [0.717, 1.165) is 25.9 Å². The first kappa shape index (κ1) is 18.9. The van der Waals surface area contributed by atoms with E-state index in [-0.39, 0.29) is 5.91 Å². The Morgan fingerprint density at radius 1 is 1.19 bits per heavy atom. The zero-order valence-corrected chi connectivity index (χ0v) is 16.2. The van der Waals surface area contributed by atoms with E-state index in [0.29, 0.717) is 23.2 Å².